The molecule has 0 atom stereocenters. The predicted molar refractivity (Wildman–Crippen MR) is 108 cm³/mol. The summed E-state index contributed by atoms with van der Waals surface area (Å²) < 4.78 is 5.30. The van der Waals surface area contributed by atoms with Crippen LogP contribution in [0.15, 0.2) is 54.0 Å². The molecule has 0 aliphatic heterocycles. The normalized spacial score (nSPS) is 11.1. The number of ether oxygens (including phenoxy) is 1. The predicted octanol–water partition coefficient (Wildman–Crippen LogP) is 5.76. The van der Waals surface area contributed by atoms with E-state index in [2.05, 4.69) is 16.4 Å². The highest BCUT2D eigenvalue weighted by molar-refractivity contribution is 7.11. The van der Waals surface area contributed by atoms with Crippen molar-refractivity contribution < 1.29 is 4.74 Å². The summed E-state index contributed by atoms with van der Waals surface area (Å²) in [5, 5.41) is 15.8. The maximum absolute atomic E-state index is 9.51. The van der Waals surface area contributed by atoms with E-state index >= 15 is 0 Å². The number of allylic oxidation sites excluding steroid dienone is 1. The van der Waals surface area contributed by atoms with Crippen molar-refractivity contribution in [3.05, 3.63) is 69.6 Å². The van der Waals surface area contributed by atoms with Crippen LogP contribution in [0.5, 0.6) is 5.75 Å². The number of hydrogen-bond donors (Lipinski definition) is 1. The van der Waals surface area contributed by atoms with Gasteiger partial charge in [0.05, 0.1) is 18.5 Å². The van der Waals surface area contributed by atoms with E-state index in [0.29, 0.717) is 27.0 Å². The van der Waals surface area contributed by atoms with Gasteiger partial charge in [0.15, 0.2) is 0 Å². The van der Waals surface area contributed by atoms with Gasteiger partial charge >= 0.3 is 0 Å². The van der Waals surface area contributed by atoms with Crippen molar-refractivity contribution in [2.45, 2.75) is 6.92 Å². The Morgan fingerprint density at radius 2 is 2.04 bits per heavy atom. The first-order valence-electron chi connectivity index (χ1n) is 7.84. The van der Waals surface area contributed by atoms with Crippen LogP contribution in [0.2, 0.25) is 5.02 Å². The van der Waals surface area contributed by atoms with Crippen molar-refractivity contribution in [1.82, 2.24) is 4.98 Å². The molecular weight excluding hydrogens is 366 g/mol. The minimum atomic E-state index is 0.440. The van der Waals surface area contributed by atoms with Crippen LogP contribution in [0.4, 0.5) is 5.69 Å². The Hall–Kier alpha value is -2.81. The maximum atomic E-state index is 9.51. The van der Waals surface area contributed by atoms with E-state index in [9.17, 15) is 5.26 Å². The van der Waals surface area contributed by atoms with Crippen LogP contribution in [0.3, 0.4) is 0 Å². The van der Waals surface area contributed by atoms with Gasteiger partial charge in [0.25, 0.3) is 0 Å². The number of aromatic nitrogens is 1. The van der Waals surface area contributed by atoms with E-state index in [4.69, 9.17) is 16.3 Å². The summed E-state index contributed by atoms with van der Waals surface area (Å²) in [7, 11) is 1.58. The van der Waals surface area contributed by atoms with E-state index in [-0.39, 0.29) is 0 Å². The van der Waals surface area contributed by atoms with Gasteiger partial charge in [0, 0.05) is 22.2 Å². The summed E-state index contributed by atoms with van der Waals surface area (Å²) in [4.78, 5) is 4.58. The number of benzene rings is 2. The monoisotopic (exact) mass is 381 g/mol. The summed E-state index contributed by atoms with van der Waals surface area (Å²) in [6.45, 7) is 2.04. The molecule has 0 bridgehead atoms. The van der Waals surface area contributed by atoms with Crippen LogP contribution in [-0.2, 0) is 0 Å². The molecule has 0 unspecified atom stereocenters. The average Bonchev–Trinajstić information content (AvgIpc) is 3.13. The molecule has 0 radical (unpaired) electrons. The molecular formula is C20H16ClN3OS. The zero-order chi connectivity index (χ0) is 18.5. The maximum Gasteiger partial charge on any atom is 0.142 e. The SMILES string of the molecule is COc1ccc(Cl)cc1N/C=C(/C#N)c1nc(-c2ccc(C)cc2)cs1. The summed E-state index contributed by atoms with van der Waals surface area (Å²) in [5.41, 5.74) is 4.20. The largest absolute Gasteiger partial charge is 0.495 e. The summed E-state index contributed by atoms with van der Waals surface area (Å²) in [6.07, 6.45) is 1.62. The van der Waals surface area contributed by atoms with E-state index in [1.807, 2.05) is 36.6 Å². The van der Waals surface area contributed by atoms with Crippen molar-refractivity contribution in [1.29, 1.82) is 5.26 Å². The third-order valence-corrected chi connectivity index (χ3v) is 4.85. The minimum Gasteiger partial charge on any atom is -0.495 e. The van der Waals surface area contributed by atoms with Crippen molar-refractivity contribution >= 4 is 34.2 Å². The zero-order valence-electron chi connectivity index (χ0n) is 14.3. The summed E-state index contributed by atoms with van der Waals surface area (Å²) in [5.74, 6) is 0.641. The molecule has 3 aromatic rings. The molecule has 0 fully saturated rings. The Bertz CT molecular complexity index is 987. The molecule has 0 spiro atoms. The second-order valence-electron chi connectivity index (χ2n) is 5.56. The summed E-state index contributed by atoms with van der Waals surface area (Å²) in [6, 6.07) is 15.6. The van der Waals surface area contributed by atoms with E-state index in [1.165, 1.54) is 16.9 Å². The Morgan fingerprint density at radius 1 is 1.27 bits per heavy atom. The molecule has 0 saturated heterocycles. The second-order valence-corrected chi connectivity index (χ2v) is 6.86. The van der Waals surface area contributed by atoms with Gasteiger partial charge in [-0.05, 0) is 25.1 Å². The first-order valence-corrected chi connectivity index (χ1v) is 9.10. The number of nitrogens with one attached hydrogen (secondary N) is 1. The molecule has 1 N–H and O–H groups in total. The lowest BCUT2D eigenvalue weighted by atomic mass is 10.1. The average molecular weight is 382 g/mol. The number of rotatable bonds is 5. The minimum absolute atomic E-state index is 0.440. The van der Waals surface area contributed by atoms with Crippen LogP contribution < -0.4 is 10.1 Å². The third kappa shape index (κ3) is 4.05. The fourth-order valence-corrected chi connectivity index (χ4v) is 3.31. The third-order valence-electron chi connectivity index (χ3n) is 3.74. The highest BCUT2D eigenvalue weighted by Gasteiger charge is 2.10. The number of nitriles is 1. The van der Waals surface area contributed by atoms with Gasteiger partial charge in [-0.1, -0.05) is 41.4 Å². The van der Waals surface area contributed by atoms with Crippen LogP contribution in [0.1, 0.15) is 10.6 Å². The number of halogens is 1. The van der Waals surface area contributed by atoms with Crippen LogP contribution in [-0.4, -0.2) is 12.1 Å². The number of thiazole rings is 1. The number of anilines is 1. The first kappa shape index (κ1) is 18.0. The molecule has 1 heterocycles. The van der Waals surface area contributed by atoms with Crippen molar-refractivity contribution in [2.24, 2.45) is 0 Å². The molecule has 2 aromatic carbocycles. The number of hydrogen-bond acceptors (Lipinski definition) is 5. The molecule has 0 aliphatic carbocycles. The Balaban J connectivity index is 1.86. The molecule has 4 nitrogen and oxygen atoms in total. The van der Waals surface area contributed by atoms with Gasteiger partial charge in [-0.3, -0.25) is 0 Å². The first-order chi connectivity index (χ1) is 12.6. The van der Waals surface area contributed by atoms with Crippen molar-refractivity contribution in [3.63, 3.8) is 0 Å². The van der Waals surface area contributed by atoms with Gasteiger partial charge < -0.3 is 10.1 Å². The highest BCUT2D eigenvalue weighted by atomic mass is 35.5. The van der Waals surface area contributed by atoms with Crippen LogP contribution >= 0.6 is 22.9 Å². The molecule has 0 amide bonds. The molecule has 0 saturated carbocycles. The lowest BCUT2D eigenvalue weighted by Crippen LogP contribution is -1.95. The quantitative estimate of drug-likeness (QED) is 0.571. The lowest BCUT2D eigenvalue weighted by Gasteiger charge is -2.08. The van der Waals surface area contributed by atoms with Crippen LogP contribution in [0.25, 0.3) is 16.8 Å². The lowest BCUT2D eigenvalue weighted by molar-refractivity contribution is 0.417. The molecule has 3 rings (SSSR count). The van der Waals surface area contributed by atoms with E-state index in [1.54, 1.807) is 31.5 Å². The fourth-order valence-electron chi connectivity index (χ4n) is 2.34. The Labute approximate surface area is 161 Å². The molecule has 26 heavy (non-hydrogen) atoms. The van der Waals surface area contributed by atoms with E-state index in [0.717, 1.165) is 11.3 Å². The number of nitrogens with zero attached hydrogens (tertiary/aromatic N) is 2. The van der Waals surface area contributed by atoms with Crippen LogP contribution in [0, 0.1) is 18.3 Å². The smallest absolute Gasteiger partial charge is 0.142 e. The second kappa shape index (κ2) is 8.05. The van der Waals surface area contributed by atoms with Gasteiger partial charge in [-0.15, -0.1) is 11.3 Å². The zero-order valence-corrected chi connectivity index (χ0v) is 15.9. The van der Waals surface area contributed by atoms with Gasteiger partial charge in [-0.25, -0.2) is 4.98 Å². The van der Waals surface area contributed by atoms with Gasteiger partial charge in [-0.2, -0.15) is 5.26 Å². The molecule has 6 heteroatoms. The Kier molecular flexibility index (Phi) is 5.57. The topological polar surface area (TPSA) is 57.9 Å². The number of methoxy groups -OCH3 is 1. The molecule has 1 aromatic heterocycles. The van der Waals surface area contributed by atoms with Crippen molar-refractivity contribution in [3.8, 4) is 23.1 Å². The standard InChI is InChI=1S/C20H16ClN3OS/c1-13-3-5-14(6-4-13)18-12-26-20(24-18)15(10-22)11-23-17-9-16(21)7-8-19(17)25-2/h3-9,11-12,23H,1-2H3/b15-11-. The molecule has 0 aliphatic rings. The van der Waals surface area contributed by atoms with Gasteiger partial charge in [0.2, 0.25) is 0 Å². The number of aryl methyl sites for hydroxylation is 1. The highest BCUT2D eigenvalue weighted by Crippen LogP contribution is 2.29. The molecule has 130 valence electrons. The van der Waals surface area contributed by atoms with Crippen molar-refractivity contribution in [2.75, 3.05) is 12.4 Å². The van der Waals surface area contributed by atoms with E-state index < -0.39 is 0 Å². The summed E-state index contributed by atoms with van der Waals surface area (Å²) >= 11 is 7.46. The Morgan fingerprint density at radius 3 is 2.73 bits per heavy atom. The van der Waals surface area contributed by atoms with Gasteiger partial charge in [0.1, 0.15) is 22.4 Å². The fraction of sp³-hybridized carbons (Fsp3) is 0.100.